The molecule has 156 valence electrons. The van der Waals surface area contributed by atoms with Crippen LogP contribution in [0.5, 0.6) is 11.5 Å². The van der Waals surface area contributed by atoms with E-state index in [1.165, 1.54) is 32.1 Å². The lowest BCUT2D eigenvalue weighted by molar-refractivity contribution is -0.123. The molecule has 0 aliphatic heterocycles. The highest BCUT2D eigenvalue weighted by molar-refractivity contribution is 6.30. The van der Waals surface area contributed by atoms with E-state index in [0.29, 0.717) is 10.8 Å². The van der Waals surface area contributed by atoms with Crippen LogP contribution in [0.25, 0.3) is 0 Å². The van der Waals surface area contributed by atoms with Crippen molar-refractivity contribution < 1.29 is 14.3 Å². The number of hydrazone groups is 1. The Kier molecular flexibility index (Phi) is 10.7. The Labute approximate surface area is 178 Å². The first-order valence-electron chi connectivity index (χ1n) is 10.1. The van der Waals surface area contributed by atoms with E-state index >= 15 is 0 Å². The minimum atomic E-state index is -0.338. The third-order valence-electron chi connectivity index (χ3n) is 4.23. The molecule has 0 saturated carbocycles. The van der Waals surface area contributed by atoms with Crippen molar-refractivity contribution in [3.8, 4) is 11.5 Å². The summed E-state index contributed by atoms with van der Waals surface area (Å²) in [6, 6.07) is 14.4. The van der Waals surface area contributed by atoms with Gasteiger partial charge in [0.25, 0.3) is 5.91 Å². The first-order valence-corrected chi connectivity index (χ1v) is 10.5. The third kappa shape index (κ3) is 9.99. The summed E-state index contributed by atoms with van der Waals surface area (Å²) in [5, 5.41) is 4.56. The summed E-state index contributed by atoms with van der Waals surface area (Å²) in [5.74, 6) is 1.08. The molecule has 2 aromatic rings. The van der Waals surface area contributed by atoms with Gasteiger partial charge in [-0.05, 0) is 60.5 Å². The second-order valence-corrected chi connectivity index (χ2v) is 7.16. The van der Waals surface area contributed by atoms with Gasteiger partial charge >= 0.3 is 0 Å². The molecule has 0 spiro atoms. The van der Waals surface area contributed by atoms with E-state index < -0.39 is 0 Å². The molecular formula is C23H29ClN2O3. The van der Waals surface area contributed by atoms with E-state index in [-0.39, 0.29) is 12.5 Å². The minimum absolute atomic E-state index is 0.121. The third-order valence-corrected chi connectivity index (χ3v) is 4.49. The lowest BCUT2D eigenvalue weighted by atomic mass is 10.1. The van der Waals surface area contributed by atoms with Gasteiger partial charge < -0.3 is 9.47 Å². The Bertz CT molecular complexity index is 746. The van der Waals surface area contributed by atoms with Gasteiger partial charge in [0, 0.05) is 5.02 Å². The highest BCUT2D eigenvalue weighted by Crippen LogP contribution is 2.15. The van der Waals surface area contributed by atoms with Crippen molar-refractivity contribution in [2.45, 2.75) is 45.4 Å². The SMILES string of the molecule is CCCCCCCCOc1ccc(C=NNC(=O)COc2ccc(Cl)cc2)cc1. The zero-order valence-electron chi connectivity index (χ0n) is 16.9. The molecule has 6 heteroatoms. The summed E-state index contributed by atoms with van der Waals surface area (Å²) in [6.07, 6.45) is 9.06. The Morgan fingerprint density at radius 3 is 2.28 bits per heavy atom. The molecule has 0 heterocycles. The molecule has 0 radical (unpaired) electrons. The fraction of sp³-hybridized carbons (Fsp3) is 0.391. The van der Waals surface area contributed by atoms with Gasteiger partial charge in [-0.2, -0.15) is 5.10 Å². The van der Waals surface area contributed by atoms with Crippen LogP contribution in [0.1, 0.15) is 51.0 Å². The lowest BCUT2D eigenvalue weighted by Crippen LogP contribution is -2.24. The summed E-state index contributed by atoms with van der Waals surface area (Å²) >= 11 is 5.80. The maximum Gasteiger partial charge on any atom is 0.277 e. The molecule has 0 aliphatic rings. The van der Waals surface area contributed by atoms with Gasteiger partial charge in [-0.15, -0.1) is 0 Å². The lowest BCUT2D eigenvalue weighted by Gasteiger charge is -2.06. The molecule has 29 heavy (non-hydrogen) atoms. The van der Waals surface area contributed by atoms with E-state index in [9.17, 15) is 4.79 Å². The predicted octanol–water partition coefficient (Wildman–Crippen LogP) is 5.61. The van der Waals surface area contributed by atoms with Crippen LogP contribution in [0.3, 0.4) is 0 Å². The van der Waals surface area contributed by atoms with Crippen molar-refractivity contribution >= 4 is 23.7 Å². The number of rotatable bonds is 13. The smallest absolute Gasteiger partial charge is 0.277 e. The largest absolute Gasteiger partial charge is 0.494 e. The predicted molar refractivity (Wildman–Crippen MR) is 118 cm³/mol. The first kappa shape index (κ1) is 22.8. The van der Waals surface area contributed by atoms with Crippen molar-refractivity contribution in [3.05, 3.63) is 59.1 Å². The van der Waals surface area contributed by atoms with Gasteiger partial charge in [-0.1, -0.05) is 50.6 Å². The molecule has 1 N–H and O–H groups in total. The normalized spacial score (nSPS) is 10.8. The molecule has 0 bridgehead atoms. The second kappa shape index (κ2) is 13.6. The summed E-state index contributed by atoms with van der Waals surface area (Å²) in [5.41, 5.74) is 3.31. The molecule has 0 aliphatic carbocycles. The maximum atomic E-state index is 11.8. The number of hydrogen-bond acceptors (Lipinski definition) is 4. The number of unbranched alkanes of at least 4 members (excludes halogenated alkanes) is 5. The molecule has 0 unspecified atom stereocenters. The number of hydrogen-bond donors (Lipinski definition) is 1. The Hall–Kier alpha value is -2.53. The van der Waals surface area contributed by atoms with Crippen molar-refractivity contribution in [1.82, 2.24) is 5.43 Å². The summed E-state index contributed by atoms with van der Waals surface area (Å²) < 4.78 is 11.1. The van der Waals surface area contributed by atoms with E-state index in [1.807, 2.05) is 24.3 Å². The molecule has 0 atom stereocenters. The molecule has 5 nitrogen and oxygen atoms in total. The highest BCUT2D eigenvalue weighted by atomic mass is 35.5. The number of nitrogens with one attached hydrogen (secondary N) is 1. The molecule has 0 aromatic heterocycles. The van der Waals surface area contributed by atoms with Crippen LogP contribution in [-0.4, -0.2) is 25.3 Å². The van der Waals surface area contributed by atoms with Gasteiger partial charge in [0.05, 0.1) is 12.8 Å². The average Bonchev–Trinajstić information content (AvgIpc) is 2.74. The van der Waals surface area contributed by atoms with Crippen molar-refractivity contribution in [3.63, 3.8) is 0 Å². The van der Waals surface area contributed by atoms with Crippen LogP contribution in [0.4, 0.5) is 0 Å². The van der Waals surface area contributed by atoms with Crippen LogP contribution in [0.2, 0.25) is 5.02 Å². The number of carbonyl (C=O) groups excluding carboxylic acids is 1. The molecular weight excluding hydrogens is 388 g/mol. The van der Waals surface area contributed by atoms with Crippen LogP contribution >= 0.6 is 11.6 Å². The molecule has 1 amide bonds. The standard InChI is InChI=1S/C23H29ClN2O3/c1-2-3-4-5-6-7-16-28-21-12-8-19(9-13-21)17-25-26-23(27)18-29-22-14-10-20(24)11-15-22/h8-15,17H,2-7,16,18H2,1H3,(H,26,27). The molecule has 2 aromatic carbocycles. The van der Waals surface area contributed by atoms with Crippen LogP contribution in [-0.2, 0) is 4.79 Å². The maximum absolute atomic E-state index is 11.8. The molecule has 2 rings (SSSR count). The van der Waals surface area contributed by atoms with Gasteiger partial charge in [0.2, 0.25) is 0 Å². The number of benzene rings is 2. The average molecular weight is 417 g/mol. The van der Waals surface area contributed by atoms with Gasteiger partial charge in [-0.3, -0.25) is 4.79 Å². The number of halogens is 1. The van der Waals surface area contributed by atoms with Gasteiger partial charge in [0.1, 0.15) is 11.5 Å². The number of nitrogens with zero attached hydrogens (tertiary/aromatic N) is 1. The van der Waals surface area contributed by atoms with E-state index in [1.54, 1.807) is 30.5 Å². The van der Waals surface area contributed by atoms with Gasteiger partial charge in [0.15, 0.2) is 6.61 Å². The van der Waals surface area contributed by atoms with Crippen molar-refractivity contribution in [1.29, 1.82) is 0 Å². The fourth-order valence-corrected chi connectivity index (χ4v) is 2.74. The number of carbonyl (C=O) groups is 1. The fourth-order valence-electron chi connectivity index (χ4n) is 2.61. The Morgan fingerprint density at radius 1 is 0.931 bits per heavy atom. The van der Waals surface area contributed by atoms with Crippen LogP contribution in [0, 0.1) is 0 Å². The van der Waals surface area contributed by atoms with Crippen LogP contribution in [0.15, 0.2) is 53.6 Å². The highest BCUT2D eigenvalue weighted by Gasteiger charge is 2.01. The summed E-state index contributed by atoms with van der Waals surface area (Å²) in [7, 11) is 0. The quantitative estimate of drug-likeness (QED) is 0.262. The van der Waals surface area contributed by atoms with E-state index in [4.69, 9.17) is 21.1 Å². The number of amides is 1. The van der Waals surface area contributed by atoms with Crippen molar-refractivity contribution in [2.75, 3.05) is 13.2 Å². The molecule has 0 fully saturated rings. The minimum Gasteiger partial charge on any atom is -0.494 e. The number of ether oxygens (including phenoxy) is 2. The van der Waals surface area contributed by atoms with Gasteiger partial charge in [-0.25, -0.2) is 5.43 Å². The Morgan fingerprint density at radius 2 is 1.55 bits per heavy atom. The molecule has 0 saturated heterocycles. The second-order valence-electron chi connectivity index (χ2n) is 6.72. The zero-order valence-corrected chi connectivity index (χ0v) is 17.7. The van der Waals surface area contributed by atoms with Crippen LogP contribution < -0.4 is 14.9 Å². The summed E-state index contributed by atoms with van der Waals surface area (Å²) in [4.78, 5) is 11.8. The first-order chi connectivity index (χ1) is 14.2. The monoisotopic (exact) mass is 416 g/mol. The summed E-state index contributed by atoms with van der Waals surface area (Å²) in [6.45, 7) is 2.84. The topological polar surface area (TPSA) is 59.9 Å². The van der Waals surface area contributed by atoms with E-state index in [0.717, 1.165) is 24.3 Å². The van der Waals surface area contributed by atoms with E-state index in [2.05, 4.69) is 17.5 Å². The zero-order chi connectivity index (χ0) is 20.7. The van der Waals surface area contributed by atoms with Crippen molar-refractivity contribution in [2.24, 2.45) is 5.10 Å². The Balaban J connectivity index is 1.62.